The van der Waals surface area contributed by atoms with Gasteiger partial charge in [-0.1, -0.05) is 0 Å². The minimum atomic E-state index is -0.938. The molecule has 2 amide bonds. The number of hydrogen-bond acceptors (Lipinski definition) is 4. The first-order valence-electron chi connectivity index (χ1n) is 7.31. The lowest BCUT2D eigenvalue weighted by Gasteiger charge is -2.17. The summed E-state index contributed by atoms with van der Waals surface area (Å²) in [6.45, 7) is 1.59. The van der Waals surface area contributed by atoms with Gasteiger partial charge >= 0.3 is 6.09 Å². The van der Waals surface area contributed by atoms with Crippen LogP contribution in [0.5, 0.6) is 0 Å². The third-order valence-electron chi connectivity index (χ3n) is 4.08. The van der Waals surface area contributed by atoms with Crippen molar-refractivity contribution in [1.82, 2.24) is 5.32 Å². The molecule has 3 rings (SSSR count). The Balaban J connectivity index is 1.79. The summed E-state index contributed by atoms with van der Waals surface area (Å²) >= 11 is 0. The van der Waals surface area contributed by atoms with E-state index in [0.717, 1.165) is 17.0 Å². The van der Waals surface area contributed by atoms with E-state index in [0.29, 0.717) is 12.8 Å². The average Bonchev–Trinajstić information content (AvgIpc) is 3.06. The summed E-state index contributed by atoms with van der Waals surface area (Å²) in [5.74, 6) is -1.78. The summed E-state index contributed by atoms with van der Waals surface area (Å²) in [7, 11) is 0. The molecule has 124 valence electrons. The molecular weight excluding hydrogens is 308 g/mol. The smallest absolute Gasteiger partial charge is 0.414 e. The van der Waals surface area contributed by atoms with Crippen molar-refractivity contribution < 1.29 is 23.1 Å². The molecular formula is C15H17F2N3O3. The fourth-order valence-corrected chi connectivity index (χ4v) is 2.67. The maximum Gasteiger partial charge on any atom is 0.414 e. The van der Waals surface area contributed by atoms with Crippen molar-refractivity contribution >= 4 is 17.7 Å². The zero-order valence-corrected chi connectivity index (χ0v) is 12.6. The Labute approximate surface area is 131 Å². The number of nitrogens with two attached hydrogens (primary N) is 1. The number of halogens is 2. The van der Waals surface area contributed by atoms with E-state index in [-0.39, 0.29) is 30.2 Å². The Kier molecular flexibility index (Phi) is 3.71. The van der Waals surface area contributed by atoms with Crippen LogP contribution in [0.4, 0.5) is 19.3 Å². The summed E-state index contributed by atoms with van der Waals surface area (Å²) in [6, 6.07) is 2.18. The number of anilines is 1. The second-order valence-corrected chi connectivity index (χ2v) is 5.99. The van der Waals surface area contributed by atoms with Crippen molar-refractivity contribution in [1.29, 1.82) is 0 Å². The van der Waals surface area contributed by atoms with Crippen LogP contribution in [0.15, 0.2) is 12.1 Å². The van der Waals surface area contributed by atoms with Crippen molar-refractivity contribution in [3.05, 3.63) is 29.3 Å². The molecule has 0 radical (unpaired) electrons. The zero-order chi connectivity index (χ0) is 16.8. The topological polar surface area (TPSA) is 84.7 Å². The first-order chi connectivity index (χ1) is 10.8. The van der Waals surface area contributed by atoms with Crippen LogP contribution in [0, 0.1) is 11.6 Å². The molecule has 1 aromatic carbocycles. The van der Waals surface area contributed by atoms with Gasteiger partial charge in [-0.05, 0) is 25.0 Å². The molecule has 2 fully saturated rings. The van der Waals surface area contributed by atoms with Crippen molar-refractivity contribution in [2.45, 2.75) is 31.4 Å². The highest BCUT2D eigenvalue weighted by Gasteiger charge is 2.45. The summed E-state index contributed by atoms with van der Waals surface area (Å²) in [4.78, 5) is 23.9. The normalized spacial score (nSPS) is 22.0. The van der Waals surface area contributed by atoms with Crippen molar-refractivity contribution in [2.24, 2.45) is 5.73 Å². The number of carbonyl (C=O) groups excluding carboxylic acids is 2. The Hall–Kier alpha value is -2.22. The molecule has 0 bridgehead atoms. The third-order valence-corrected chi connectivity index (χ3v) is 4.08. The van der Waals surface area contributed by atoms with Crippen LogP contribution in [0.25, 0.3) is 0 Å². The van der Waals surface area contributed by atoms with Crippen molar-refractivity contribution in [2.75, 3.05) is 18.0 Å². The lowest BCUT2D eigenvalue weighted by Crippen LogP contribution is -2.33. The lowest BCUT2D eigenvalue weighted by molar-refractivity contribution is -0.119. The highest BCUT2D eigenvalue weighted by molar-refractivity contribution is 5.90. The predicted octanol–water partition coefficient (Wildman–Crippen LogP) is 1.37. The van der Waals surface area contributed by atoms with Crippen molar-refractivity contribution in [3.63, 3.8) is 0 Å². The van der Waals surface area contributed by atoms with E-state index in [4.69, 9.17) is 10.5 Å². The minimum Gasteiger partial charge on any atom is -0.442 e. The van der Waals surface area contributed by atoms with Gasteiger partial charge in [0.25, 0.3) is 0 Å². The highest BCUT2D eigenvalue weighted by Crippen LogP contribution is 2.45. The number of rotatable bonds is 4. The summed E-state index contributed by atoms with van der Waals surface area (Å²) in [5, 5.41) is 2.53. The fraction of sp³-hybridized carbons (Fsp3) is 0.467. The maximum atomic E-state index is 14.2. The second kappa shape index (κ2) is 5.45. The Morgan fingerprint density at radius 3 is 2.57 bits per heavy atom. The third kappa shape index (κ3) is 2.98. The van der Waals surface area contributed by atoms with Gasteiger partial charge in [-0.15, -0.1) is 0 Å². The van der Waals surface area contributed by atoms with E-state index in [1.54, 1.807) is 0 Å². The molecule has 1 saturated carbocycles. The van der Waals surface area contributed by atoms with Crippen LogP contribution in [0.1, 0.15) is 25.3 Å². The van der Waals surface area contributed by atoms with E-state index in [9.17, 15) is 18.4 Å². The highest BCUT2D eigenvalue weighted by atomic mass is 19.1. The molecule has 6 nitrogen and oxygen atoms in total. The number of ether oxygens (including phenoxy) is 1. The van der Waals surface area contributed by atoms with Gasteiger partial charge in [0.05, 0.1) is 18.8 Å². The van der Waals surface area contributed by atoms with Crippen LogP contribution in [-0.4, -0.2) is 31.2 Å². The molecule has 1 aromatic rings. The van der Waals surface area contributed by atoms with Gasteiger partial charge < -0.3 is 15.8 Å². The molecule has 8 heteroatoms. The van der Waals surface area contributed by atoms with Crippen LogP contribution < -0.4 is 16.0 Å². The molecule has 3 N–H and O–H groups in total. The standard InChI is InChI=1S/C15H17F2N3O3/c1-8(21)19-6-10-7-20(14(22)23-10)9-4-11(16)13(12(17)5-9)15(18)2-3-15/h4-5,10H,2-3,6-7,18H2,1H3,(H,19,21)/t10-/m0/s1. The molecule has 23 heavy (non-hydrogen) atoms. The van der Waals surface area contributed by atoms with Crippen LogP contribution in [0.2, 0.25) is 0 Å². The SMILES string of the molecule is CC(=O)NC[C@H]1CN(c2cc(F)c(C3(N)CC3)c(F)c2)C(=O)O1. The number of benzene rings is 1. The lowest BCUT2D eigenvalue weighted by atomic mass is 10.0. The van der Waals surface area contributed by atoms with E-state index >= 15 is 0 Å². The minimum absolute atomic E-state index is 0.0725. The van der Waals surface area contributed by atoms with Crippen LogP contribution in [0.3, 0.4) is 0 Å². The molecule has 0 aromatic heterocycles. The summed E-state index contributed by atoms with van der Waals surface area (Å²) in [6.07, 6.45) is -0.211. The molecule has 1 saturated heterocycles. The van der Waals surface area contributed by atoms with Gasteiger partial charge in [0.1, 0.15) is 17.7 Å². The summed E-state index contributed by atoms with van der Waals surface area (Å²) < 4.78 is 33.5. The second-order valence-electron chi connectivity index (χ2n) is 5.99. The maximum absolute atomic E-state index is 14.2. The molecule has 1 aliphatic carbocycles. The first-order valence-corrected chi connectivity index (χ1v) is 7.31. The largest absolute Gasteiger partial charge is 0.442 e. The monoisotopic (exact) mass is 325 g/mol. The molecule has 0 unspecified atom stereocenters. The number of hydrogen-bond donors (Lipinski definition) is 2. The number of amides is 2. The van der Waals surface area contributed by atoms with E-state index < -0.39 is 29.4 Å². The van der Waals surface area contributed by atoms with E-state index in [1.165, 1.54) is 6.92 Å². The van der Waals surface area contributed by atoms with Gasteiger partial charge in [-0.2, -0.15) is 0 Å². The molecule has 1 aliphatic heterocycles. The van der Waals surface area contributed by atoms with E-state index in [1.807, 2.05) is 0 Å². The number of cyclic esters (lactones) is 1. The molecule has 2 aliphatic rings. The van der Waals surface area contributed by atoms with Gasteiger partial charge in [0, 0.05) is 18.0 Å². The number of carbonyl (C=O) groups is 2. The molecule has 1 heterocycles. The van der Waals surface area contributed by atoms with Gasteiger partial charge in [-0.3, -0.25) is 9.69 Å². The Morgan fingerprint density at radius 1 is 1.43 bits per heavy atom. The molecule has 1 atom stereocenters. The van der Waals surface area contributed by atoms with Gasteiger partial charge in [0.15, 0.2) is 0 Å². The molecule has 0 spiro atoms. The van der Waals surface area contributed by atoms with Crippen LogP contribution in [-0.2, 0) is 15.1 Å². The van der Waals surface area contributed by atoms with E-state index in [2.05, 4.69) is 5.32 Å². The van der Waals surface area contributed by atoms with Crippen LogP contribution >= 0.6 is 0 Å². The average molecular weight is 325 g/mol. The van der Waals surface area contributed by atoms with Crippen molar-refractivity contribution in [3.8, 4) is 0 Å². The summed E-state index contributed by atoms with van der Waals surface area (Å²) in [5.41, 5.74) is 4.86. The van der Waals surface area contributed by atoms with Gasteiger partial charge in [0.2, 0.25) is 5.91 Å². The number of nitrogens with one attached hydrogen (secondary N) is 1. The first kappa shape index (κ1) is 15.7. The Bertz CT molecular complexity index is 653. The predicted molar refractivity (Wildman–Crippen MR) is 77.8 cm³/mol. The Morgan fingerprint density at radius 2 is 2.04 bits per heavy atom. The quantitative estimate of drug-likeness (QED) is 0.876. The van der Waals surface area contributed by atoms with Gasteiger partial charge in [-0.25, -0.2) is 13.6 Å². The number of nitrogens with zero attached hydrogens (tertiary/aromatic N) is 1. The fourth-order valence-electron chi connectivity index (χ4n) is 2.67. The zero-order valence-electron chi connectivity index (χ0n) is 12.6.